The average molecular weight is 504 g/mol. The maximum atomic E-state index is 13.7. The molecule has 2 aromatic rings. The van der Waals surface area contributed by atoms with Gasteiger partial charge in [-0.1, -0.05) is 59.4 Å². The highest BCUT2D eigenvalue weighted by molar-refractivity contribution is 6.48. The lowest BCUT2D eigenvalue weighted by Gasteiger charge is -2.32. The van der Waals surface area contributed by atoms with E-state index >= 15 is 0 Å². The molecule has 2 aromatic carbocycles. The molecule has 0 aliphatic carbocycles. The first-order valence-corrected chi connectivity index (χ1v) is 10.1. The van der Waals surface area contributed by atoms with Gasteiger partial charge in [-0.15, -0.1) is 0 Å². The first kappa shape index (κ1) is 24.9. The normalized spacial score (nSPS) is 13.6. The van der Waals surface area contributed by atoms with E-state index in [4.69, 9.17) is 46.4 Å². The van der Waals surface area contributed by atoms with Gasteiger partial charge < -0.3 is 15.7 Å². The number of nitrogens with one attached hydrogen (secondary N) is 2. The molecular formula is C19H17Cl4F3N2O2. The molecule has 30 heavy (non-hydrogen) atoms. The van der Waals surface area contributed by atoms with E-state index in [0.717, 1.165) is 12.1 Å². The molecule has 0 aliphatic rings. The molecule has 0 spiro atoms. The second kappa shape index (κ2) is 9.83. The molecule has 4 nitrogen and oxygen atoms in total. The van der Waals surface area contributed by atoms with Gasteiger partial charge in [0.15, 0.2) is 0 Å². The van der Waals surface area contributed by atoms with Crippen molar-refractivity contribution in [1.82, 2.24) is 5.32 Å². The fraction of sp³-hybridized carbons (Fsp3) is 0.316. The Morgan fingerprint density at radius 1 is 1.03 bits per heavy atom. The lowest BCUT2D eigenvalue weighted by Crippen LogP contribution is -2.47. The minimum atomic E-state index is -5.05. The molecule has 1 amide bonds. The smallest absolute Gasteiger partial charge is 0.381 e. The fourth-order valence-corrected chi connectivity index (χ4v) is 3.35. The Morgan fingerprint density at radius 3 is 2.13 bits per heavy atom. The molecule has 0 bridgehead atoms. The Bertz CT molecular complexity index is 917. The summed E-state index contributed by atoms with van der Waals surface area (Å²) in [5.74, 6) is -0.163. The standard InChI is InChI=1S/C19H17Cl4F3N2O2/c1-2-16(29)27-8-10-3-4-12(7-13(10)20)28-9-18(30,19(24,25)26)11-5-14(21)17(23)15(22)6-11/h3-7,28,30H,2,8-9H2,1H3,(H,27,29)/t18-/m0/s1. The second-order valence-corrected chi connectivity index (χ2v) is 8.00. The van der Waals surface area contributed by atoms with E-state index in [0.29, 0.717) is 12.0 Å². The van der Waals surface area contributed by atoms with Gasteiger partial charge in [0.1, 0.15) is 0 Å². The summed E-state index contributed by atoms with van der Waals surface area (Å²) in [4.78, 5) is 11.3. The fourth-order valence-electron chi connectivity index (χ4n) is 2.51. The van der Waals surface area contributed by atoms with Crippen LogP contribution in [0.3, 0.4) is 0 Å². The van der Waals surface area contributed by atoms with Crippen LogP contribution in [0.25, 0.3) is 0 Å². The number of hydrogen-bond donors (Lipinski definition) is 3. The second-order valence-electron chi connectivity index (χ2n) is 6.40. The van der Waals surface area contributed by atoms with E-state index in [9.17, 15) is 23.1 Å². The van der Waals surface area contributed by atoms with Crippen LogP contribution in [0.2, 0.25) is 20.1 Å². The molecule has 0 heterocycles. The molecule has 0 saturated carbocycles. The van der Waals surface area contributed by atoms with Crippen LogP contribution in [0.5, 0.6) is 0 Å². The van der Waals surface area contributed by atoms with Crippen molar-refractivity contribution in [2.45, 2.75) is 31.7 Å². The van der Waals surface area contributed by atoms with Crippen molar-refractivity contribution >= 4 is 58.0 Å². The molecule has 0 fully saturated rings. The number of anilines is 1. The number of halogens is 7. The first-order chi connectivity index (χ1) is 13.9. The van der Waals surface area contributed by atoms with Gasteiger partial charge in [-0.2, -0.15) is 13.2 Å². The highest BCUT2D eigenvalue weighted by atomic mass is 35.5. The van der Waals surface area contributed by atoms with Gasteiger partial charge in [0, 0.05) is 23.7 Å². The summed E-state index contributed by atoms with van der Waals surface area (Å²) in [7, 11) is 0. The Morgan fingerprint density at radius 2 is 1.63 bits per heavy atom. The van der Waals surface area contributed by atoms with Crippen molar-refractivity contribution in [3.63, 3.8) is 0 Å². The van der Waals surface area contributed by atoms with E-state index in [-0.39, 0.29) is 38.2 Å². The molecule has 3 N–H and O–H groups in total. The Balaban J connectivity index is 2.25. The molecular weight excluding hydrogens is 487 g/mol. The molecule has 164 valence electrons. The average Bonchev–Trinajstić information content (AvgIpc) is 2.67. The number of alkyl halides is 3. The predicted molar refractivity (Wildman–Crippen MR) is 114 cm³/mol. The molecule has 2 rings (SSSR count). The molecule has 0 aromatic heterocycles. The van der Waals surface area contributed by atoms with E-state index < -0.39 is 23.9 Å². The van der Waals surface area contributed by atoms with Crippen LogP contribution < -0.4 is 10.6 Å². The van der Waals surface area contributed by atoms with Crippen LogP contribution in [-0.4, -0.2) is 23.7 Å². The summed E-state index contributed by atoms with van der Waals surface area (Å²) >= 11 is 23.6. The van der Waals surface area contributed by atoms with Gasteiger partial charge in [0.2, 0.25) is 11.5 Å². The van der Waals surface area contributed by atoms with E-state index in [1.165, 1.54) is 12.1 Å². The Hall–Kier alpha value is -1.38. The van der Waals surface area contributed by atoms with Crippen LogP contribution in [-0.2, 0) is 16.9 Å². The topological polar surface area (TPSA) is 61.4 Å². The number of amides is 1. The maximum Gasteiger partial charge on any atom is 0.423 e. The number of carbonyl (C=O) groups excluding carboxylic acids is 1. The number of carbonyl (C=O) groups is 1. The van der Waals surface area contributed by atoms with Crippen LogP contribution >= 0.6 is 46.4 Å². The zero-order valence-electron chi connectivity index (χ0n) is 15.5. The minimum Gasteiger partial charge on any atom is -0.381 e. The van der Waals surface area contributed by atoms with Gasteiger partial charge in [-0.05, 0) is 35.4 Å². The van der Waals surface area contributed by atoms with Crippen molar-refractivity contribution in [1.29, 1.82) is 0 Å². The van der Waals surface area contributed by atoms with Crippen molar-refractivity contribution < 1.29 is 23.1 Å². The third-order valence-corrected chi connectivity index (χ3v) is 5.88. The van der Waals surface area contributed by atoms with Crippen LogP contribution in [0, 0.1) is 0 Å². The third-order valence-electron chi connectivity index (χ3n) is 4.33. The molecule has 1 atom stereocenters. The first-order valence-electron chi connectivity index (χ1n) is 8.62. The summed E-state index contributed by atoms with van der Waals surface area (Å²) in [6.45, 7) is 0.944. The predicted octanol–water partition coefficient (Wildman–Crippen LogP) is 6.19. The summed E-state index contributed by atoms with van der Waals surface area (Å²) in [5.41, 5.74) is -3.04. The Labute approximate surface area is 191 Å². The van der Waals surface area contributed by atoms with Gasteiger partial charge in [0.25, 0.3) is 0 Å². The quantitative estimate of drug-likeness (QED) is 0.395. The van der Waals surface area contributed by atoms with E-state index in [1.807, 2.05) is 0 Å². The molecule has 0 radical (unpaired) electrons. The van der Waals surface area contributed by atoms with Crippen molar-refractivity contribution in [3.05, 3.63) is 61.5 Å². The molecule has 11 heteroatoms. The third kappa shape index (κ3) is 5.65. The molecule has 0 aliphatic heterocycles. The zero-order chi connectivity index (χ0) is 22.7. The lowest BCUT2D eigenvalue weighted by molar-refractivity contribution is -0.260. The van der Waals surface area contributed by atoms with Crippen LogP contribution in [0.4, 0.5) is 18.9 Å². The number of aliphatic hydroxyl groups is 1. The lowest BCUT2D eigenvalue weighted by atomic mass is 9.92. The largest absolute Gasteiger partial charge is 0.423 e. The number of rotatable bonds is 7. The highest BCUT2D eigenvalue weighted by Crippen LogP contribution is 2.43. The maximum absolute atomic E-state index is 13.7. The summed E-state index contributed by atoms with van der Waals surface area (Å²) in [5, 5.41) is 15.4. The van der Waals surface area contributed by atoms with E-state index in [1.54, 1.807) is 13.0 Å². The monoisotopic (exact) mass is 502 g/mol. The van der Waals surface area contributed by atoms with Gasteiger partial charge in [0.05, 0.1) is 21.6 Å². The minimum absolute atomic E-state index is 0.114. The molecule has 0 unspecified atom stereocenters. The Kier molecular flexibility index (Phi) is 8.15. The SMILES string of the molecule is CCC(=O)NCc1ccc(NC[C@](O)(c2cc(Cl)c(Cl)c(Cl)c2)C(F)(F)F)cc1Cl. The van der Waals surface area contributed by atoms with Crippen molar-refractivity contribution in [2.24, 2.45) is 0 Å². The van der Waals surface area contributed by atoms with Crippen LogP contribution in [0.1, 0.15) is 24.5 Å². The van der Waals surface area contributed by atoms with Crippen molar-refractivity contribution in [3.8, 4) is 0 Å². The van der Waals surface area contributed by atoms with Crippen molar-refractivity contribution in [2.75, 3.05) is 11.9 Å². The van der Waals surface area contributed by atoms with Gasteiger partial charge in [-0.25, -0.2) is 0 Å². The number of hydrogen-bond acceptors (Lipinski definition) is 3. The highest BCUT2D eigenvalue weighted by Gasteiger charge is 2.55. The number of benzene rings is 2. The summed E-state index contributed by atoms with van der Waals surface area (Å²) in [6.07, 6.45) is -4.74. The van der Waals surface area contributed by atoms with Crippen LogP contribution in [0.15, 0.2) is 30.3 Å². The van der Waals surface area contributed by atoms with Gasteiger partial charge >= 0.3 is 6.18 Å². The summed E-state index contributed by atoms with van der Waals surface area (Å²) < 4.78 is 41.2. The zero-order valence-corrected chi connectivity index (χ0v) is 18.5. The van der Waals surface area contributed by atoms with Gasteiger partial charge in [-0.3, -0.25) is 4.79 Å². The van der Waals surface area contributed by atoms with E-state index in [2.05, 4.69) is 10.6 Å². The summed E-state index contributed by atoms with van der Waals surface area (Å²) in [6, 6.07) is 6.27. The molecule has 0 saturated heterocycles.